The van der Waals surface area contributed by atoms with Crippen molar-refractivity contribution in [3.05, 3.63) is 41.1 Å². The zero-order chi connectivity index (χ0) is 15.6. The predicted molar refractivity (Wildman–Crippen MR) is 86.8 cm³/mol. The zero-order valence-electron chi connectivity index (χ0n) is 13.2. The number of ether oxygens (including phenoxy) is 2. The van der Waals surface area contributed by atoms with Gasteiger partial charge in [-0.15, -0.1) is 5.10 Å². The number of rotatable bonds is 3. The fraction of sp³-hybridized carbons (Fsp3) is 0.412. The summed E-state index contributed by atoms with van der Waals surface area (Å²) in [5, 5.41) is 12.0. The third kappa shape index (κ3) is 2.94. The Morgan fingerprint density at radius 3 is 3.09 bits per heavy atom. The number of anilines is 1. The van der Waals surface area contributed by atoms with Crippen molar-refractivity contribution in [3.63, 3.8) is 0 Å². The second-order valence-corrected chi connectivity index (χ2v) is 5.98. The molecule has 6 heteroatoms. The second-order valence-electron chi connectivity index (χ2n) is 5.98. The van der Waals surface area contributed by atoms with Gasteiger partial charge in [0.2, 0.25) is 0 Å². The maximum absolute atomic E-state index is 5.74. The Balaban J connectivity index is 1.50. The molecule has 23 heavy (non-hydrogen) atoms. The zero-order valence-corrected chi connectivity index (χ0v) is 13.2. The number of hydrogen-bond acceptors (Lipinski definition) is 6. The molecule has 1 N–H and O–H groups in total. The Morgan fingerprint density at radius 1 is 1.22 bits per heavy atom. The summed E-state index contributed by atoms with van der Waals surface area (Å²) < 4.78 is 11.4. The van der Waals surface area contributed by atoms with Crippen LogP contribution < -0.4 is 14.8 Å². The standard InChI is InChI=1S/C17H20N4O2/c1-21-6-5-14-13(11-21)9-16(20-19-14)18-10-12-3-2-4-15-17(12)23-8-7-22-15/h2-4,9H,5-8,10-11H2,1H3,(H,18,20). The maximum Gasteiger partial charge on any atom is 0.166 e. The van der Waals surface area contributed by atoms with Crippen molar-refractivity contribution in [1.82, 2.24) is 15.1 Å². The van der Waals surface area contributed by atoms with Crippen LogP contribution in [0.15, 0.2) is 24.3 Å². The number of hydrogen-bond donors (Lipinski definition) is 1. The fourth-order valence-corrected chi connectivity index (χ4v) is 3.02. The molecule has 0 spiro atoms. The molecule has 0 aliphatic carbocycles. The molecular formula is C17H20N4O2. The molecule has 4 rings (SSSR count). The van der Waals surface area contributed by atoms with Gasteiger partial charge in [-0.3, -0.25) is 0 Å². The van der Waals surface area contributed by atoms with Crippen molar-refractivity contribution in [2.75, 3.05) is 32.1 Å². The number of benzene rings is 1. The van der Waals surface area contributed by atoms with Gasteiger partial charge in [-0.25, -0.2) is 0 Å². The Hall–Kier alpha value is -2.34. The molecule has 1 aromatic carbocycles. The largest absolute Gasteiger partial charge is 0.486 e. The Morgan fingerprint density at radius 2 is 2.13 bits per heavy atom. The van der Waals surface area contributed by atoms with Gasteiger partial charge in [-0.1, -0.05) is 12.1 Å². The van der Waals surface area contributed by atoms with Crippen LogP contribution in [0.1, 0.15) is 16.8 Å². The van der Waals surface area contributed by atoms with Crippen molar-refractivity contribution < 1.29 is 9.47 Å². The van der Waals surface area contributed by atoms with Gasteiger partial charge in [0.05, 0.1) is 5.69 Å². The van der Waals surface area contributed by atoms with Crippen molar-refractivity contribution >= 4 is 5.82 Å². The summed E-state index contributed by atoms with van der Waals surface area (Å²) >= 11 is 0. The summed E-state index contributed by atoms with van der Waals surface area (Å²) in [6.45, 7) is 3.80. The van der Waals surface area contributed by atoms with Gasteiger partial charge in [0.15, 0.2) is 11.5 Å². The third-order valence-electron chi connectivity index (χ3n) is 4.24. The van der Waals surface area contributed by atoms with Crippen LogP contribution in [0, 0.1) is 0 Å². The Bertz CT molecular complexity index is 720. The van der Waals surface area contributed by atoms with Gasteiger partial charge < -0.3 is 19.7 Å². The summed E-state index contributed by atoms with van der Waals surface area (Å²) in [6, 6.07) is 8.06. The van der Waals surface area contributed by atoms with Crippen molar-refractivity contribution in [3.8, 4) is 11.5 Å². The molecule has 2 aliphatic rings. The van der Waals surface area contributed by atoms with E-state index in [9.17, 15) is 0 Å². The molecule has 0 fully saturated rings. The third-order valence-corrected chi connectivity index (χ3v) is 4.24. The van der Waals surface area contributed by atoms with Gasteiger partial charge in [0, 0.05) is 31.6 Å². The lowest BCUT2D eigenvalue weighted by atomic mass is 10.1. The van der Waals surface area contributed by atoms with Crippen LogP contribution in [-0.4, -0.2) is 41.9 Å². The maximum atomic E-state index is 5.74. The van der Waals surface area contributed by atoms with Crippen LogP contribution in [0.4, 0.5) is 5.82 Å². The van der Waals surface area contributed by atoms with Crippen LogP contribution in [-0.2, 0) is 19.5 Å². The van der Waals surface area contributed by atoms with E-state index in [1.165, 1.54) is 5.56 Å². The Labute approximate surface area is 135 Å². The molecule has 120 valence electrons. The first kappa shape index (κ1) is 14.3. The van der Waals surface area contributed by atoms with Gasteiger partial charge in [0.1, 0.15) is 19.0 Å². The van der Waals surface area contributed by atoms with Gasteiger partial charge in [0.25, 0.3) is 0 Å². The average molecular weight is 312 g/mol. The highest BCUT2D eigenvalue weighted by atomic mass is 16.6. The van der Waals surface area contributed by atoms with Crippen LogP contribution >= 0.6 is 0 Å². The number of para-hydroxylation sites is 1. The van der Waals surface area contributed by atoms with Gasteiger partial charge >= 0.3 is 0 Å². The minimum absolute atomic E-state index is 0.592. The topological polar surface area (TPSA) is 59.5 Å². The number of fused-ring (bicyclic) bond motifs is 2. The van der Waals surface area contributed by atoms with Gasteiger partial charge in [-0.2, -0.15) is 5.10 Å². The molecule has 0 amide bonds. The summed E-state index contributed by atoms with van der Waals surface area (Å²) in [5.74, 6) is 2.44. The summed E-state index contributed by atoms with van der Waals surface area (Å²) in [6.07, 6.45) is 0.969. The van der Waals surface area contributed by atoms with Crippen LogP contribution in [0.5, 0.6) is 11.5 Å². The number of nitrogens with one attached hydrogen (secondary N) is 1. The summed E-state index contributed by atoms with van der Waals surface area (Å²) in [7, 11) is 2.13. The quantitative estimate of drug-likeness (QED) is 0.933. The highest BCUT2D eigenvalue weighted by molar-refractivity contribution is 5.49. The Kier molecular flexibility index (Phi) is 3.75. The van der Waals surface area contributed by atoms with Crippen molar-refractivity contribution in [2.45, 2.75) is 19.5 Å². The minimum atomic E-state index is 0.592. The molecule has 0 unspecified atom stereocenters. The molecule has 6 nitrogen and oxygen atoms in total. The molecule has 3 heterocycles. The van der Waals surface area contributed by atoms with E-state index in [0.29, 0.717) is 19.8 Å². The molecule has 2 aromatic rings. The molecule has 0 bridgehead atoms. The van der Waals surface area contributed by atoms with Crippen molar-refractivity contribution in [1.29, 1.82) is 0 Å². The van der Waals surface area contributed by atoms with Crippen LogP contribution in [0.2, 0.25) is 0 Å². The smallest absolute Gasteiger partial charge is 0.166 e. The molecule has 1 aromatic heterocycles. The molecule has 0 radical (unpaired) electrons. The van der Waals surface area contributed by atoms with E-state index in [-0.39, 0.29) is 0 Å². The van der Waals surface area contributed by atoms with E-state index in [0.717, 1.165) is 48.1 Å². The van der Waals surface area contributed by atoms with Crippen molar-refractivity contribution in [2.24, 2.45) is 0 Å². The van der Waals surface area contributed by atoms with E-state index in [1.54, 1.807) is 0 Å². The molecule has 0 saturated carbocycles. The normalized spacial score (nSPS) is 16.7. The highest BCUT2D eigenvalue weighted by Gasteiger charge is 2.17. The first-order valence-electron chi connectivity index (χ1n) is 7.95. The first-order valence-corrected chi connectivity index (χ1v) is 7.95. The fourth-order valence-electron chi connectivity index (χ4n) is 3.02. The predicted octanol–water partition coefficient (Wildman–Crippen LogP) is 1.85. The second kappa shape index (κ2) is 6.04. The van der Waals surface area contributed by atoms with E-state index in [1.807, 2.05) is 18.2 Å². The van der Waals surface area contributed by atoms with Crippen LogP contribution in [0.3, 0.4) is 0 Å². The molecule has 0 atom stereocenters. The van der Waals surface area contributed by atoms with E-state index in [2.05, 4.69) is 33.5 Å². The lowest BCUT2D eigenvalue weighted by Gasteiger charge is -2.24. The SMILES string of the molecule is CN1CCc2nnc(NCc3cccc4c3OCCO4)cc2C1. The summed E-state index contributed by atoms with van der Waals surface area (Å²) in [5.41, 5.74) is 3.44. The highest BCUT2D eigenvalue weighted by Crippen LogP contribution is 2.33. The number of nitrogens with zero attached hydrogens (tertiary/aromatic N) is 3. The van der Waals surface area contributed by atoms with Crippen LogP contribution in [0.25, 0.3) is 0 Å². The molecule has 2 aliphatic heterocycles. The molecular weight excluding hydrogens is 292 g/mol. The van der Waals surface area contributed by atoms with E-state index in [4.69, 9.17) is 9.47 Å². The van der Waals surface area contributed by atoms with E-state index >= 15 is 0 Å². The van der Waals surface area contributed by atoms with Gasteiger partial charge in [-0.05, 0) is 24.7 Å². The monoisotopic (exact) mass is 312 g/mol. The first-order chi connectivity index (χ1) is 11.3. The lowest BCUT2D eigenvalue weighted by molar-refractivity contribution is 0.170. The summed E-state index contributed by atoms with van der Waals surface area (Å²) in [4.78, 5) is 2.30. The minimum Gasteiger partial charge on any atom is -0.486 e. The number of likely N-dealkylation sites (N-methyl/N-ethyl adjacent to an activating group) is 1. The molecule has 0 saturated heterocycles. The average Bonchev–Trinajstić information content (AvgIpc) is 2.59. The number of aromatic nitrogens is 2. The van der Waals surface area contributed by atoms with E-state index < -0.39 is 0 Å². The lowest BCUT2D eigenvalue weighted by Crippen LogP contribution is -2.27.